The maximum absolute atomic E-state index is 12.5. The van der Waals surface area contributed by atoms with Gasteiger partial charge in [0.2, 0.25) is 0 Å². The lowest BCUT2D eigenvalue weighted by molar-refractivity contribution is 0.0828. The first-order valence-electron chi connectivity index (χ1n) is 8.41. The van der Waals surface area contributed by atoms with Crippen molar-refractivity contribution in [1.82, 2.24) is 14.8 Å². The fourth-order valence-electron chi connectivity index (χ4n) is 2.84. The number of nitrogens with zero attached hydrogens (tertiary/aromatic N) is 3. The van der Waals surface area contributed by atoms with Crippen molar-refractivity contribution in [2.24, 2.45) is 12.8 Å². The van der Waals surface area contributed by atoms with Crippen molar-refractivity contribution >= 4 is 0 Å². The molecular formula is C18H23FN4O2. The molecule has 2 heterocycles. The molecule has 1 aromatic carbocycles. The molecule has 1 saturated heterocycles. The van der Waals surface area contributed by atoms with Crippen molar-refractivity contribution in [2.75, 3.05) is 26.4 Å². The van der Waals surface area contributed by atoms with Gasteiger partial charge in [-0.3, -0.25) is 4.68 Å². The first kappa shape index (κ1) is 17.6. The van der Waals surface area contributed by atoms with Gasteiger partial charge in [0.15, 0.2) is 5.82 Å². The van der Waals surface area contributed by atoms with E-state index in [0.717, 1.165) is 37.4 Å². The summed E-state index contributed by atoms with van der Waals surface area (Å²) in [5.41, 5.74) is 6.74. The summed E-state index contributed by atoms with van der Waals surface area (Å²) in [4.78, 5) is 4.71. The number of aromatic nitrogens is 3. The smallest absolute Gasteiger partial charge is 0.181 e. The lowest BCUT2D eigenvalue weighted by Gasteiger charge is -2.20. The Bertz CT molecular complexity index is 721. The van der Waals surface area contributed by atoms with Crippen molar-refractivity contribution in [1.29, 1.82) is 0 Å². The second-order valence-electron chi connectivity index (χ2n) is 6.09. The molecule has 0 saturated carbocycles. The van der Waals surface area contributed by atoms with Gasteiger partial charge in [0.05, 0.1) is 6.33 Å². The minimum Gasteiger partial charge on any atom is -0.489 e. The summed E-state index contributed by atoms with van der Waals surface area (Å²) in [6, 6.07) is 7.46. The normalized spacial score (nSPS) is 16.2. The Kier molecular flexibility index (Phi) is 5.78. The largest absolute Gasteiger partial charge is 0.489 e. The number of hydrogen-bond donors (Lipinski definition) is 1. The summed E-state index contributed by atoms with van der Waals surface area (Å²) in [7, 11) is 1.93. The molecule has 2 N–H and O–H groups in total. The Balaban J connectivity index is 1.70. The third-order valence-corrected chi connectivity index (χ3v) is 4.34. The van der Waals surface area contributed by atoms with Gasteiger partial charge in [-0.1, -0.05) is 0 Å². The Morgan fingerprint density at radius 1 is 1.36 bits per heavy atom. The standard InChI is InChI=1S/C18H23FN4O2/c1-23-18(15-6-8-24-9-7-15)21-17(22-23)14-2-4-16(5-3-14)25-12-13(10-19)11-20/h2-5,10,15H,6-9,11-12,20H2,1H3/b13-10-. The van der Waals surface area contributed by atoms with Crippen LogP contribution in [0.25, 0.3) is 11.4 Å². The molecule has 0 amide bonds. The molecule has 2 aromatic rings. The molecule has 134 valence electrons. The van der Waals surface area contributed by atoms with Crippen molar-refractivity contribution in [3.63, 3.8) is 0 Å². The maximum atomic E-state index is 12.5. The summed E-state index contributed by atoms with van der Waals surface area (Å²) in [5, 5.41) is 4.54. The van der Waals surface area contributed by atoms with Gasteiger partial charge in [0, 0.05) is 43.9 Å². The summed E-state index contributed by atoms with van der Waals surface area (Å²) in [5.74, 6) is 2.74. The van der Waals surface area contributed by atoms with Crippen molar-refractivity contribution in [2.45, 2.75) is 18.8 Å². The van der Waals surface area contributed by atoms with Gasteiger partial charge < -0.3 is 15.2 Å². The summed E-state index contributed by atoms with van der Waals surface area (Å²) in [6.45, 7) is 1.83. The van der Waals surface area contributed by atoms with E-state index in [1.54, 1.807) is 0 Å². The van der Waals surface area contributed by atoms with Crippen LogP contribution in [0.4, 0.5) is 4.39 Å². The van der Waals surface area contributed by atoms with E-state index < -0.39 is 0 Å². The second kappa shape index (κ2) is 8.22. The molecule has 7 heteroatoms. The number of rotatable bonds is 6. The summed E-state index contributed by atoms with van der Waals surface area (Å²) in [6.07, 6.45) is 2.44. The molecule has 0 bridgehead atoms. The van der Waals surface area contributed by atoms with E-state index in [0.29, 0.717) is 29.4 Å². The average molecular weight is 346 g/mol. The van der Waals surface area contributed by atoms with Crippen molar-refractivity contribution in [3.05, 3.63) is 42.0 Å². The monoisotopic (exact) mass is 346 g/mol. The Hall–Kier alpha value is -2.25. The fourth-order valence-corrected chi connectivity index (χ4v) is 2.84. The van der Waals surface area contributed by atoms with Crippen LogP contribution in [0.1, 0.15) is 24.6 Å². The molecule has 0 aliphatic carbocycles. The van der Waals surface area contributed by atoms with Crippen LogP contribution in [-0.2, 0) is 11.8 Å². The zero-order valence-electron chi connectivity index (χ0n) is 14.3. The molecule has 0 spiro atoms. The molecule has 0 radical (unpaired) electrons. The van der Waals surface area contributed by atoms with Crippen LogP contribution in [0.5, 0.6) is 5.75 Å². The highest BCUT2D eigenvalue weighted by molar-refractivity contribution is 5.56. The third-order valence-electron chi connectivity index (χ3n) is 4.34. The van der Waals surface area contributed by atoms with Crippen molar-refractivity contribution in [3.8, 4) is 17.1 Å². The van der Waals surface area contributed by atoms with Crippen LogP contribution in [0.2, 0.25) is 0 Å². The van der Waals surface area contributed by atoms with Gasteiger partial charge in [-0.25, -0.2) is 9.37 Å². The highest BCUT2D eigenvalue weighted by atomic mass is 19.1. The number of benzene rings is 1. The number of hydrogen-bond acceptors (Lipinski definition) is 5. The van der Waals surface area contributed by atoms with E-state index in [9.17, 15) is 4.39 Å². The second-order valence-corrected chi connectivity index (χ2v) is 6.09. The van der Waals surface area contributed by atoms with E-state index in [2.05, 4.69) is 5.10 Å². The van der Waals surface area contributed by atoms with E-state index in [1.807, 2.05) is 36.0 Å². The van der Waals surface area contributed by atoms with E-state index in [-0.39, 0.29) is 13.2 Å². The lowest BCUT2D eigenvalue weighted by Crippen LogP contribution is -2.17. The maximum Gasteiger partial charge on any atom is 0.181 e. The number of nitrogens with two attached hydrogens (primary N) is 1. The zero-order chi connectivity index (χ0) is 17.6. The molecule has 6 nitrogen and oxygen atoms in total. The fraction of sp³-hybridized carbons (Fsp3) is 0.444. The molecule has 1 aromatic heterocycles. The summed E-state index contributed by atoms with van der Waals surface area (Å²) >= 11 is 0. The van der Waals surface area contributed by atoms with Crippen LogP contribution in [0.15, 0.2) is 36.2 Å². The molecule has 1 aliphatic rings. The van der Waals surface area contributed by atoms with Gasteiger partial charge in [0.25, 0.3) is 0 Å². The highest BCUT2D eigenvalue weighted by Gasteiger charge is 2.22. The van der Waals surface area contributed by atoms with Crippen molar-refractivity contribution < 1.29 is 13.9 Å². The predicted molar refractivity (Wildman–Crippen MR) is 93.0 cm³/mol. The molecule has 1 fully saturated rings. The quantitative estimate of drug-likeness (QED) is 0.870. The van der Waals surface area contributed by atoms with Crippen LogP contribution in [0, 0.1) is 0 Å². The molecular weight excluding hydrogens is 323 g/mol. The SMILES string of the molecule is Cn1nc(-c2ccc(OC/C(=C\F)CN)cc2)nc1C1CCOCC1. The molecule has 0 atom stereocenters. The Labute approximate surface area is 146 Å². The first-order chi connectivity index (χ1) is 12.2. The van der Waals surface area contributed by atoms with E-state index >= 15 is 0 Å². The van der Waals surface area contributed by atoms with Crippen LogP contribution >= 0.6 is 0 Å². The summed E-state index contributed by atoms with van der Waals surface area (Å²) < 4.78 is 25.3. The molecule has 3 rings (SSSR count). The lowest BCUT2D eigenvalue weighted by atomic mass is 9.99. The number of ether oxygens (including phenoxy) is 2. The Morgan fingerprint density at radius 3 is 2.72 bits per heavy atom. The minimum atomic E-state index is 0.140. The first-order valence-corrected chi connectivity index (χ1v) is 8.41. The van der Waals surface area contributed by atoms with Gasteiger partial charge >= 0.3 is 0 Å². The number of halogens is 1. The zero-order valence-corrected chi connectivity index (χ0v) is 14.3. The van der Waals surface area contributed by atoms with Crippen LogP contribution in [-0.4, -0.2) is 41.1 Å². The van der Waals surface area contributed by atoms with E-state index in [1.165, 1.54) is 0 Å². The number of aryl methyl sites for hydroxylation is 1. The topological polar surface area (TPSA) is 75.2 Å². The third kappa shape index (κ3) is 4.24. The molecule has 0 unspecified atom stereocenters. The minimum absolute atomic E-state index is 0.140. The molecule has 25 heavy (non-hydrogen) atoms. The highest BCUT2D eigenvalue weighted by Crippen LogP contribution is 2.27. The van der Waals surface area contributed by atoms with Crippen LogP contribution in [0.3, 0.4) is 0 Å². The van der Waals surface area contributed by atoms with Gasteiger partial charge in [-0.2, -0.15) is 5.10 Å². The average Bonchev–Trinajstić information content (AvgIpc) is 3.05. The van der Waals surface area contributed by atoms with Gasteiger partial charge in [0.1, 0.15) is 18.2 Å². The van der Waals surface area contributed by atoms with Crippen LogP contribution < -0.4 is 10.5 Å². The van der Waals surface area contributed by atoms with E-state index in [4.69, 9.17) is 20.2 Å². The Morgan fingerprint density at radius 2 is 2.08 bits per heavy atom. The predicted octanol–water partition coefficient (Wildman–Crippen LogP) is 2.57. The van der Waals surface area contributed by atoms with Gasteiger partial charge in [-0.15, -0.1) is 0 Å². The molecule has 1 aliphatic heterocycles. The van der Waals surface area contributed by atoms with Gasteiger partial charge in [-0.05, 0) is 37.1 Å².